The van der Waals surface area contributed by atoms with Gasteiger partial charge in [-0.05, 0) is 51.1 Å². The number of fused-ring (bicyclic) bond motifs is 1. The highest BCUT2D eigenvalue weighted by Crippen LogP contribution is 2.15. The Morgan fingerprint density at radius 1 is 1.26 bits per heavy atom. The van der Waals surface area contributed by atoms with Crippen LogP contribution in [0.2, 0.25) is 0 Å². The van der Waals surface area contributed by atoms with Gasteiger partial charge < -0.3 is 10.0 Å². The average Bonchev–Trinajstić information content (AvgIpc) is 2.35. The number of aromatic nitrogens is 1. The van der Waals surface area contributed by atoms with Crippen molar-refractivity contribution in [3.05, 3.63) is 42.1 Å². The quantitative estimate of drug-likeness (QED) is 0.896. The van der Waals surface area contributed by atoms with Crippen molar-refractivity contribution in [1.29, 1.82) is 0 Å². The second kappa shape index (κ2) is 5.68. The van der Waals surface area contributed by atoms with Crippen LogP contribution in [0.4, 0.5) is 0 Å². The summed E-state index contributed by atoms with van der Waals surface area (Å²) in [6.07, 6.45) is 2.59. The highest BCUT2D eigenvalue weighted by molar-refractivity contribution is 5.78. The van der Waals surface area contributed by atoms with Crippen LogP contribution in [-0.2, 0) is 6.54 Å². The standard InChI is InChI=1S/C16H22N2O/c1-16(2,19)8-10-18(3)12-13-6-7-15-14(11-13)5-4-9-17-15/h4-7,9,11,19H,8,10,12H2,1-3H3. The van der Waals surface area contributed by atoms with Gasteiger partial charge >= 0.3 is 0 Å². The van der Waals surface area contributed by atoms with E-state index in [9.17, 15) is 5.11 Å². The van der Waals surface area contributed by atoms with Crippen LogP contribution in [0.25, 0.3) is 10.9 Å². The third-order valence-electron chi connectivity index (χ3n) is 3.23. The summed E-state index contributed by atoms with van der Waals surface area (Å²) in [6.45, 7) is 5.47. The molecular weight excluding hydrogens is 236 g/mol. The second-order valence-corrected chi connectivity index (χ2v) is 5.83. The van der Waals surface area contributed by atoms with Crippen molar-refractivity contribution in [2.75, 3.05) is 13.6 Å². The van der Waals surface area contributed by atoms with E-state index in [-0.39, 0.29) is 0 Å². The summed E-state index contributed by atoms with van der Waals surface area (Å²) in [6, 6.07) is 10.4. The molecule has 1 heterocycles. The summed E-state index contributed by atoms with van der Waals surface area (Å²) in [5.74, 6) is 0. The molecule has 2 rings (SSSR count). The SMILES string of the molecule is CN(CCC(C)(C)O)Cc1ccc2ncccc2c1. The molecule has 0 bridgehead atoms. The largest absolute Gasteiger partial charge is 0.390 e. The minimum Gasteiger partial charge on any atom is -0.390 e. The first kappa shape index (κ1) is 14.0. The first-order valence-corrected chi connectivity index (χ1v) is 6.69. The van der Waals surface area contributed by atoms with Crippen molar-refractivity contribution in [3.63, 3.8) is 0 Å². The lowest BCUT2D eigenvalue weighted by atomic mass is 10.1. The summed E-state index contributed by atoms with van der Waals surface area (Å²) in [4.78, 5) is 6.56. The monoisotopic (exact) mass is 258 g/mol. The summed E-state index contributed by atoms with van der Waals surface area (Å²) in [5.41, 5.74) is 1.71. The van der Waals surface area contributed by atoms with Gasteiger partial charge in [-0.3, -0.25) is 4.98 Å². The van der Waals surface area contributed by atoms with Crippen molar-refractivity contribution >= 4 is 10.9 Å². The zero-order valence-electron chi connectivity index (χ0n) is 11.9. The Hall–Kier alpha value is -1.45. The van der Waals surface area contributed by atoms with Crippen LogP contribution in [0.5, 0.6) is 0 Å². The Labute approximate surface area is 114 Å². The van der Waals surface area contributed by atoms with Gasteiger partial charge in [0, 0.05) is 24.7 Å². The third kappa shape index (κ3) is 4.30. The fourth-order valence-electron chi connectivity index (χ4n) is 2.08. The highest BCUT2D eigenvalue weighted by atomic mass is 16.3. The Morgan fingerprint density at radius 3 is 2.79 bits per heavy atom. The van der Waals surface area contributed by atoms with Crippen molar-refractivity contribution in [3.8, 4) is 0 Å². The maximum absolute atomic E-state index is 9.74. The van der Waals surface area contributed by atoms with E-state index in [2.05, 4.69) is 41.2 Å². The van der Waals surface area contributed by atoms with Crippen LogP contribution in [0.1, 0.15) is 25.8 Å². The van der Waals surface area contributed by atoms with Crippen LogP contribution in [0.15, 0.2) is 36.5 Å². The van der Waals surface area contributed by atoms with Gasteiger partial charge in [-0.1, -0.05) is 12.1 Å². The molecule has 0 radical (unpaired) electrons. The van der Waals surface area contributed by atoms with Gasteiger partial charge in [0.2, 0.25) is 0 Å². The summed E-state index contributed by atoms with van der Waals surface area (Å²) < 4.78 is 0. The Morgan fingerprint density at radius 2 is 2.05 bits per heavy atom. The van der Waals surface area contributed by atoms with Crippen molar-refractivity contribution in [2.24, 2.45) is 0 Å². The summed E-state index contributed by atoms with van der Waals surface area (Å²) in [7, 11) is 2.08. The average molecular weight is 258 g/mol. The predicted octanol–water partition coefficient (Wildman–Crippen LogP) is 2.83. The number of benzene rings is 1. The first-order valence-electron chi connectivity index (χ1n) is 6.69. The van der Waals surface area contributed by atoms with E-state index in [4.69, 9.17) is 0 Å². The number of hydrogen-bond donors (Lipinski definition) is 1. The van der Waals surface area contributed by atoms with Crippen LogP contribution in [0, 0.1) is 0 Å². The zero-order valence-corrected chi connectivity index (χ0v) is 11.9. The Kier molecular flexibility index (Phi) is 4.17. The summed E-state index contributed by atoms with van der Waals surface area (Å²) in [5, 5.41) is 10.9. The molecule has 0 aliphatic rings. The number of hydrogen-bond acceptors (Lipinski definition) is 3. The molecule has 1 aromatic heterocycles. The van der Waals surface area contributed by atoms with Crippen LogP contribution < -0.4 is 0 Å². The maximum atomic E-state index is 9.74. The molecule has 3 heteroatoms. The lowest BCUT2D eigenvalue weighted by Gasteiger charge is -2.22. The molecule has 19 heavy (non-hydrogen) atoms. The topological polar surface area (TPSA) is 36.4 Å². The van der Waals surface area contributed by atoms with Crippen molar-refractivity contribution < 1.29 is 5.11 Å². The number of pyridine rings is 1. The van der Waals surface area contributed by atoms with Crippen molar-refractivity contribution in [1.82, 2.24) is 9.88 Å². The molecule has 102 valence electrons. The molecule has 1 N–H and O–H groups in total. The normalized spacial score (nSPS) is 12.3. The lowest BCUT2D eigenvalue weighted by molar-refractivity contribution is 0.0599. The van der Waals surface area contributed by atoms with Gasteiger partial charge in [-0.15, -0.1) is 0 Å². The maximum Gasteiger partial charge on any atom is 0.0702 e. The molecule has 3 nitrogen and oxygen atoms in total. The van der Waals surface area contributed by atoms with Crippen molar-refractivity contribution in [2.45, 2.75) is 32.4 Å². The van der Waals surface area contributed by atoms with Gasteiger partial charge in [0.1, 0.15) is 0 Å². The Balaban J connectivity index is 2.00. The molecule has 0 amide bonds. The van der Waals surface area contributed by atoms with Gasteiger partial charge in [-0.25, -0.2) is 0 Å². The van der Waals surface area contributed by atoms with E-state index in [1.807, 2.05) is 26.1 Å². The van der Waals surface area contributed by atoms with Crippen LogP contribution >= 0.6 is 0 Å². The molecule has 2 aromatic rings. The number of aliphatic hydroxyl groups is 1. The van der Waals surface area contributed by atoms with E-state index >= 15 is 0 Å². The fourth-order valence-corrected chi connectivity index (χ4v) is 2.08. The summed E-state index contributed by atoms with van der Waals surface area (Å²) >= 11 is 0. The second-order valence-electron chi connectivity index (χ2n) is 5.83. The number of rotatable bonds is 5. The molecule has 0 saturated heterocycles. The molecule has 0 aliphatic carbocycles. The molecular formula is C16H22N2O. The van der Waals surface area contributed by atoms with E-state index in [0.29, 0.717) is 0 Å². The Bertz CT molecular complexity index is 546. The molecule has 0 atom stereocenters. The van der Waals surface area contributed by atoms with E-state index in [1.165, 1.54) is 10.9 Å². The van der Waals surface area contributed by atoms with E-state index in [1.54, 1.807) is 0 Å². The van der Waals surface area contributed by atoms with Gasteiger partial charge in [-0.2, -0.15) is 0 Å². The van der Waals surface area contributed by atoms with Gasteiger partial charge in [0.15, 0.2) is 0 Å². The fraction of sp³-hybridized carbons (Fsp3) is 0.438. The lowest BCUT2D eigenvalue weighted by Crippen LogP contribution is -2.28. The molecule has 1 aromatic carbocycles. The predicted molar refractivity (Wildman–Crippen MR) is 79.0 cm³/mol. The smallest absolute Gasteiger partial charge is 0.0702 e. The number of nitrogens with zero attached hydrogens (tertiary/aromatic N) is 2. The van der Waals surface area contributed by atoms with Crippen LogP contribution in [-0.4, -0.2) is 34.2 Å². The zero-order chi connectivity index (χ0) is 13.9. The van der Waals surface area contributed by atoms with Gasteiger partial charge in [0.25, 0.3) is 0 Å². The minimum absolute atomic E-state index is 0.596. The molecule has 0 spiro atoms. The van der Waals surface area contributed by atoms with E-state index < -0.39 is 5.60 Å². The molecule has 0 aliphatic heterocycles. The molecule has 0 saturated carbocycles. The third-order valence-corrected chi connectivity index (χ3v) is 3.23. The molecule has 0 fully saturated rings. The van der Waals surface area contributed by atoms with E-state index in [0.717, 1.165) is 25.0 Å². The van der Waals surface area contributed by atoms with Gasteiger partial charge in [0.05, 0.1) is 11.1 Å². The van der Waals surface area contributed by atoms with Crippen LogP contribution in [0.3, 0.4) is 0 Å². The highest BCUT2D eigenvalue weighted by Gasteiger charge is 2.13. The molecule has 0 unspecified atom stereocenters. The first-order chi connectivity index (χ1) is 8.94. The minimum atomic E-state index is -0.596.